The molecule has 1 aromatic heterocycles. The van der Waals surface area contributed by atoms with Crippen LogP contribution in [0.1, 0.15) is 42.7 Å². The molecule has 1 aromatic rings. The minimum atomic E-state index is -0.106. The van der Waals surface area contributed by atoms with Crippen molar-refractivity contribution >= 4 is 28.9 Å². The maximum absolute atomic E-state index is 11.2. The highest BCUT2D eigenvalue weighted by Gasteiger charge is 2.24. The summed E-state index contributed by atoms with van der Waals surface area (Å²) in [4.78, 5) is 12.6. The number of rotatable bonds is 6. The number of aryl methyl sites for hydroxylation is 1. The van der Waals surface area contributed by atoms with Gasteiger partial charge in [-0.3, -0.25) is 4.79 Å². The lowest BCUT2D eigenvalue weighted by Gasteiger charge is -2.12. The molecule has 0 spiro atoms. The smallest absolute Gasteiger partial charge is 0.305 e. The molecule has 3 nitrogen and oxygen atoms in total. The van der Waals surface area contributed by atoms with Gasteiger partial charge in [0, 0.05) is 17.3 Å². The lowest BCUT2D eigenvalue weighted by Crippen LogP contribution is -2.21. The van der Waals surface area contributed by atoms with Crippen molar-refractivity contribution in [3.8, 4) is 0 Å². The van der Waals surface area contributed by atoms with Crippen molar-refractivity contribution in [3.63, 3.8) is 0 Å². The molecule has 0 radical (unpaired) electrons. The summed E-state index contributed by atoms with van der Waals surface area (Å²) in [6.07, 6.45) is 3.56. The van der Waals surface area contributed by atoms with Crippen LogP contribution in [0.15, 0.2) is 6.07 Å². The van der Waals surface area contributed by atoms with Crippen molar-refractivity contribution in [1.29, 1.82) is 0 Å². The van der Waals surface area contributed by atoms with Gasteiger partial charge in [-0.25, -0.2) is 0 Å². The van der Waals surface area contributed by atoms with Gasteiger partial charge in [-0.2, -0.15) is 0 Å². The molecule has 0 saturated heterocycles. The molecule has 0 aromatic carbocycles. The Hall–Kier alpha value is -0.580. The van der Waals surface area contributed by atoms with Crippen molar-refractivity contribution in [1.82, 2.24) is 5.32 Å². The van der Waals surface area contributed by atoms with Gasteiger partial charge in [-0.05, 0) is 44.4 Å². The monoisotopic (exact) mass is 287 g/mol. The Bertz CT molecular complexity index is 419. The Labute approximate surface area is 116 Å². The number of carbonyl (C=O) groups is 1. The van der Waals surface area contributed by atoms with Crippen LogP contribution in [0.4, 0.5) is 0 Å². The fourth-order valence-electron chi connectivity index (χ4n) is 2.28. The first kappa shape index (κ1) is 13.8. The van der Waals surface area contributed by atoms with Gasteiger partial charge >= 0.3 is 5.97 Å². The van der Waals surface area contributed by atoms with E-state index in [2.05, 4.69) is 11.4 Å². The molecule has 1 N–H and O–H groups in total. The molecular weight excluding hydrogens is 270 g/mol. The molecule has 0 aliphatic heterocycles. The van der Waals surface area contributed by atoms with Gasteiger partial charge in [0.25, 0.3) is 0 Å². The lowest BCUT2D eigenvalue weighted by atomic mass is 10.1. The molecule has 1 atom stereocenters. The standard InChI is InChI=1S/C13H18ClNO2S/c1-2-17-13(16)4-3-7-15-10-5-6-11-9(10)8-12(14)18-11/h8,10,15H,2-7H2,1H3. The molecule has 0 amide bonds. The van der Waals surface area contributed by atoms with Crippen LogP contribution < -0.4 is 5.32 Å². The van der Waals surface area contributed by atoms with E-state index in [-0.39, 0.29) is 5.97 Å². The van der Waals surface area contributed by atoms with E-state index in [1.165, 1.54) is 10.4 Å². The van der Waals surface area contributed by atoms with Gasteiger partial charge in [0.2, 0.25) is 0 Å². The largest absolute Gasteiger partial charge is 0.466 e. The molecule has 5 heteroatoms. The topological polar surface area (TPSA) is 38.3 Å². The van der Waals surface area contributed by atoms with E-state index in [1.54, 1.807) is 11.3 Å². The summed E-state index contributed by atoms with van der Waals surface area (Å²) in [6.45, 7) is 3.14. The molecule has 1 heterocycles. The van der Waals surface area contributed by atoms with Gasteiger partial charge in [0.15, 0.2) is 0 Å². The lowest BCUT2D eigenvalue weighted by molar-refractivity contribution is -0.143. The number of hydrogen-bond donors (Lipinski definition) is 1. The van der Waals surface area contributed by atoms with Crippen LogP contribution in [0.3, 0.4) is 0 Å². The second-order valence-corrected chi connectivity index (χ2v) is 6.15. The van der Waals surface area contributed by atoms with Crippen molar-refractivity contribution in [2.24, 2.45) is 0 Å². The third-order valence-corrected chi connectivity index (χ3v) is 4.44. The number of esters is 1. The van der Waals surface area contributed by atoms with Crippen molar-refractivity contribution in [2.75, 3.05) is 13.2 Å². The molecule has 1 aliphatic carbocycles. The van der Waals surface area contributed by atoms with E-state index in [4.69, 9.17) is 16.3 Å². The zero-order valence-electron chi connectivity index (χ0n) is 10.5. The van der Waals surface area contributed by atoms with Crippen LogP contribution in [-0.2, 0) is 16.0 Å². The van der Waals surface area contributed by atoms with Gasteiger partial charge in [0.05, 0.1) is 10.9 Å². The summed E-state index contributed by atoms with van der Waals surface area (Å²) in [6, 6.07) is 2.48. The van der Waals surface area contributed by atoms with Crippen LogP contribution in [-0.4, -0.2) is 19.1 Å². The number of ether oxygens (including phenoxy) is 1. The van der Waals surface area contributed by atoms with Gasteiger partial charge in [-0.15, -0.1) is 11.3 Å². The number of thiophene rings is 1. The average Bonchev–Trinajstić information content (AvgIpc) is 2.85. The maximum atomic E-state index is 11.2. The summed E-state index contributed by atoms with van der Waals surface area (Å²) in [5.74, 6) is -0.106. The first-order chi connectivity index (χ1) is 8.70. The quantitative estimate of drug-likeness (QED) is 0.644. The first-order valence-corrected chi connectivity index (χ1v) is 7.57. The van der Waals surface area contributed by atoms with E-state index in [9.17, 15) is 4.79 Å². The molecule has 0 fully saturated rings. The average molecular weight is 288 g/mol. The van der Waals surface area contributed by atoms with Gasteiger partial charge in [0.1, 0.15) is 0 Å². The molecule has 0 saturated carbocycles. The molecule has 18 heavy (non-hydrogen) atoms. The third kappa shape index (κ3) is 3.46. The van der Waals surface area contributed by atoms with Crippen molar-refractivity contribution in [3.05, 3.63) is 20.8 Å². The Balaban J connectivity index is 1.71. The second kappa shape index (κ2) is 6.55. The van der Waals surface area contributed by atoms with E-state index in [0.717, 1.165) is 30.1 Å². The molecule has 1 unspecified atom stereocenters. The summed E-state index contributed by atoms with van der Waals surface area (Å²) in [5.41, 5.74) is 1.35. The van der Waals surface area contributed by atoms with Gasteiger partial charge in [-0.1, -0.05) is 11.6 Å². The highest BCUT2D eigenvalue weighted by atomic mass is 35.5. The predicted molar refractivity (Wildman–Crippen MR) is 74.3 cm³/mol. The van der Waals surface area contributed by atoms with Crippen LogP contribution in [0.2, 0.25) is 4.34 Å². The van der Waals surface area contributed by atoms with Crippen LogP contribution in [0, 0.1) is 0 Å². The van der Waals surface area contributed by atoms with Crippen LogP contribution in [0.5, 0.6) is 0 Å². The zero-order valence-corrected chi connectivity index (χ0v) is 12.1. The summed E-state index contributed by atoms with van der Waals surface area (Å²) >= 11 is 7.69. The second-order valence-electron chi connectivity index (χ2n) is 4.38. The number of fused-ring (bicyclic) bond motifs is 1. The van der Waals surface area contributed by atoms with E-state index < -0.39 is 0 Å². The Morgan fingerprint density at radius 1 is 1.67 bits per heavy atom. The maximum Gasteiger partial charge on any atom is 0.305 e. The minimum absolute atomic E-state index is 0.106. The van der Waals surface area contributed by atoms with Crippen molar-refractivity contribution < 1.29 is 9.53 Å². The number of halogens is 1. The molecular formula is C13H18ClNO2S. The Morgan fingerprint density at radius 3 is 3.28 bits per heavy atom. The zero-order chi connectivity index (χ0) is 13.0. The van der Waals surface area contributed by atoms with Crippen molar-refractivity contribution in [2.45, 2.75) is 38.6 Å². The fourth-order valence-corrected chi connectivity index (χ4v) is 3.64. The van der Waals surface area contributed by atoms with E-state index >= 15 is 0 Å². The molecule has 1 aliphatic rings. The normalized spacial score (nSPS) is 17.8. The Kier molecular flexibility index (Phi) is 5.03. The summed E-state index contributed by atoms with van der Waals surface area (Å²) < 4.78 is 5.76. The first-order valence-electron chi connectivity index (χ1n) is 6.37. The predicted octanol–water partition coefficient (Wildman–Crippen LogP) is 3.32. The number of hydrogen-bond acceptors (Lipinski definition) is 4. The minimum Gasteiger partial charge on any atom is -0.466 e. The fraction of sp³-hybridized carbons (Fsp3) is 0.615. The molecule has 2 rings (SSSR count). The van der Waals surface area contributed by atoms with Crippen LogP contribution >= 0.6 is 22.9 Å². The number of carbonyl (C=O) groups excluding carboxylic acids is 1. The SMILES string of the molecule is CCOC(=O)CCCNC1CCc2sc(Cl)cc21. The Morgan fingerprint density at radius 2 is 2.50 bits per heavy atom. The van der Waals surface area contributed by atoms with Gasteiger partial charge < -0.3 is 10.1 Å². The summed E-state index contributed by atoms with van der Waals surface area (Å²) in [5, 5.41) is 3.49. The van der Waals surface area contributed by atoms with Crippen LogP contribution in [0.25, 0.3) is 0 Å². The van der Waals surface area contributed by atoms with E-state index in [0.29, 0.717) is 19.1 Å². The van der Waals surface area contributed by atoms with E-state index in [1.807, 2.05) is 6.92 Å². The number of nitrogens with one attached hydrogen (secondary N) is 1. The third-order valence-electron chi connectivity index (χ3n) is 3.10. The summed E-state index contributed by atoms with van der Waals surface area (Å²) in [7, 11) is 0. The molecule has 0 bridgehead atoms. The highest BCUT2D eigenvalue weighted by Crippen LogP contribution is 2.39. The molecule has 100 valence electrons. The highest BCUT2D eigenvalue weighted by molar-refractivity contribution is 7.16.